The first-order valence-electron chi connectivity index (χ1n) is 7.94. The van der Waals surface area contributed by atoms with Gasteiger partial charge in [-0.1, -0.05) is 43.2 Å². The van der Waals surface area contributed by atoms with Crippen LogP contribution in [0.5, 0.6) is 0 Å². The number of alkyl halides is 3. The average Bonchev–Trinajstić information content (AvgIpc) is 2.53. The van der Waals surface area contributed by atoms with Crippen LogP contribution >= 0.6 is 0 Å². The van der Waals surface area contributed by atoms with E-state index in [0.717, 1.165) is 5.56 Å². The molecule has 0 bridgehead atoms. The van der Waals surface area contributed by atoms with Gasteiger partial charge in [-0.15, -0.1) is 0 Å². The Morgan fingerprint density at radius 2 is 1.87 bits per heavy atom. The number of rotatable bonds is 5. The number of benzene rings is 1. The zero-order valence-electron chi connectivity index (χ0n) is 12.9. The van der Waals surface area contributed by atoms with E-state index in [9.17, 15) is 23.1 Å². The molecule has 1 saturated carbocycles. The second-order valence-electron chi connectivity index (χ2n) is 6.13. The van der Waals surface area contributed by atoms with Crippen molar-refractivity contribution >= 4 is 5.91 Å². The first kappa shape index (κ1) is 17.8. The Labute approximate surface area is 133 Å². The van der Waals surface area contributed by atoms with Crippen LogP contribution in [-0.2, 0) is 11.2 Å². The smallest absolute Gasteiger partial charge is 0.391 e. The van der Waals surface area contributed by atoms with E-state index in [2.05, 4.69) is 5.32 Å². The predicted octanol–water partition coefficient (Wildman–Crippen LogP) is 3.07. The second-order valence-corrected chi connectivity index (χ2v) is 6.13. The maximum atomic E-state index is 13.0. The van der Waals surface area contributed by atoms with Gasteiger partial charge >= 0.3 is 6.18 Å². The van der Waals surface area contributed by atoms with Crippen LogP contribution in [0.15, 0.2) is 30.3 Å². The van der Waals surface area contributed by atoms with Gasteiger partial charge in [0.2, 0.25) is 5.91 Å². The minimum atomic E-state index is -4.34. The summed E-state index contributed by atoms with van der Waals surface area (Å²) in [6.07, 6.45) is -3.39. The Kier molecular flexibility index (Phi) is 6.04. The molecule has 1 amide bonds. The summed E-state index contributed by atoms with van der Waals surface area (Å²) >= 11 is 0. The third-order valence-electron chi connectivity index (χ3n) is 4.35. The van der Waals surface area contributed by atoms with Gasteiger partial charge in [-0.25, -0.2) is 0 Å². The van der Waals surface area contributed by atoms with Crippen LogP contribution in [0, 0.1) is 11.8 Å². The first-order valence-corrected chi connectivity index (χ1v) is 7.94. The average molecular weight is 329 g/mol. The molecule has 1 aliphatic carbocycles. The minimum absolute atomic E-state index is 0.00809. The molecule has 2 N–H and O–H groups in total. The largest absolute Gasteiger partial charge is 0.392 e. The van der Waals surface area contributed by atoms with E-state index in [1.807, 2.05) is 30.3 Å². The molecule has 1 aromatic carbocycles. The molecule has 0 spiro atoms. The molecular formula is C17H22F3NO2. The lowest BCUT2D eigenvalue weighted by Gasteiger charge is -2.32. The maximum absolute atomic E-state index is 13.0. The highest BCUT2D eigenvalue weighted by molar-refractivity contribution is 5.79. The van der Waals surface area contributed by atoms with Crippen molar-refractivity contribution in [2.45, 2.75) is 44.4 Å². The lowest BCUT2D eigenvalue weighted by atomic mass is 9.78. The summed E-state index contributed by atoms with van der Waals surface area (Å²) in [7, 11) is 0. The fourth-order valence-electron chi connectivity index (χ4n) is 3.14. The van der Waals surface area contributed by atoms with E-state index in [-0.39, 0.29) is 19.4 Å². The number of aliphatic hydroxyl groups excluding tert-OH is 1. The number of carbonyl (C=O) groups is 1. The Morgan fingerprint density at radius 3 is 2.52 bits per heavy atom. The fourth-order valence-corrected chi connectivity index (χ4v) is 3.14. The van der Waals surface area contributed by atoms with E-state index in [0.29, 0.717) is 19.3 Å². The van der Waals surface area contributed by atoms with Crippen LogP contribution in [0.4, 0.5) is 13.2 Å². The summed E-state index contributed by atoms with van der Waals surface area (Å²) in [4.78, 5) is 12.1. The number of aliphatic hydroxyl groups is 1. The van der Waals surface area contributed by atoms with E-state index < -0.39 is 30.0 Å². The quantitative estimate of drug-likeness (QED) is 0.872. The molecule has 3 atom stereocenters. The second kappa shape index (κ2) is 7.81. The number of carbonyl (C=O) groups excluding carboxylic acids is 1. The molecule has 128 valence electrons. The molecule has 0 heterocycles. The van der Waals surface area contributed by atoms with Gasteiger partial charge in [0, 0.05) is 18.9 Å². The molecule has 3 unspecified atom stereocenters. The molecule has 6 heteroatoms. The van der Waals surface area contributed by atoms with Crippen molar-refractivity contribution in [2.24, 2.45) is 11.8 Å². The van der Waals surface area contributed by atoms with Gasteiger partial charge in [0.05, 0.1) is 12.0 Å². The summed E-state index contributed by atoms with van der Waals surface area (Å²) in [5, 5.41) is 12.4. The van der Waals surface area contributed by atoms with Gasteiger partial charge in [0.15, 0.2) is 0 Å². The molecule has 1 aromatic rings. The minimum Gasteiger partial charge on any atom is -0.391 e. The van der Waals surface area contributed by atoms with E-state index in [1.165, 1.54) is 0 Å². The van der Waals surface area contributed by atoms with Crippen LogP contribution in [0.2, 0.25) is 0 Å². The highest BCUT2D eigenvalue weighted by Crippen LogP contribution is 2.41. The standard InChI is InChI=1S/C17H22F3NO2/c18-17(19,20)15-9-5-4-8-14(15)16(23)21-11-13(22)10-12-6-2-1-3-7-12/h1-3,6-7,13-15,22H,4-5,8-11H2,(H,21,23). The van der Waals surface area contributed by atoms with Crippen molar-refractivity contribution in [3.63, 3.8) is 0 Å². The third-order valence-corrected chi connectivity index (χ3v) is 4.35. The van der Waals surface area contributed by atoms with Gasteiger partial charge in [-0.3, -0.25) is 4.79 Å². The predicted molar refractivity (Wildman–Crippen MR) is 80.7 cm³/mol. The Morgan fingerprint density at radius 1 is 1.22 bits per heavy atom. The topological polar surface area (TPSA) is 49.3 Å². The molecule has 0 saturated heterocycles. The molecule has 0 radical (unpaired) electrons. The molecule has 3 nitrogen and oxygen atoms in total. The highest BCUT2D eigenvalue weighted by atomic mass is 19.4. The Balaban J connectivity index is 1.85. The molecular weight excluding hydrogens is 307 g/mol. The fraction of sp³-hybridized carbons (Fsp3) is 0.588. The van der Waals surface area contributed by atoms with Gasteiger partial charge < -0.3 is 10.4 Å². The molecule has 1 fully saturated rings. The molecule has 23 heavy (non-hydrogen) atoms. The third kappa shape index (κ3) is 5.23. The Bertz CT molecular complexity index is 504. The summed E-state index contributed by atoms with van der Waals surface area (Å²) in [5.41, 5.74) is 0.917. The van der Waals surface area contributed by atoms with Gasteiger partial charge in [0.1, 0.15) is 0 Å². The lowest BCUT2D eigenvalue weighted by Crippen LogP contribution is -2.44. The van der Waals surface area contributed by atoms with Crippen LogP contribution in [0.25, 0.3) is 0 Å². The van der Waals surface area contributed by atoms with E-state index in [4.69, 9.17) is 0 Å². The van der Waals surface area contributed by atoms with Crippen LogP contribution in [0.3, 0.4) is 0 Å². The molecule has 0 aromatic heterocycles. The van der Waals surface area contributed by atoms with Crippen molar-refractivity contribution in [2.75, 3.05) is 6.54 Å². The lowest BCUT2D eigenvalue weighted by molar-refractivity contribution is -0.198. The summed E-state index contributed by atoms with van der Waals surface area (Å²) in [5.74, 6) is -3.20. The molecule has 2 rings (SSSR count). The first-order chi connectivity index (χ1) is 10.9. The summed E-state index contributed by atoms with van der Waals surface area (Å²) in [6.45, 7) is -0.0329. The molecule has 0 aliphatic heterocycles. The van der Waals surface area contributed by atoms with Crippen LogP contribution < -0.4 is 5.32 Å². The van der Waals surface area contributed by atoms with Crippen molar-refractivity contribution in [1.82, 2.24) is 5.32 Å². The zero-order chi connectivity index (χ0) is 16.9. The van der Waals surface area contributed by atoms with E-state index in [1.54, 1.807) is 0 Å². The van der Waals surface area contributed by atoms with Crippen LogP contribution in [0.1, 0.15) is 31.2 Å². The highest BCUT2D eigenvalue weighted by Gasteiger charge is 2.47. The van der Waals surface area contributed by atoms with Crippen LogP contribution in [-0.4, -0.2) is 29.8 Å². The number of halogens is 3. The van der Waals surface area contributed by atoms with E-state index >= 15 is 0 Å². The van der Waals surface area contributed by atoms with Crippen molar-refractivity contribution in [1.29, 1.82) is 0 Å². The maximum Gasteiger partial charge on any atom is 0.392 e. The SMILES string of the molecule is O=C(NCC(O)Cc1ccccc1)C1CCCCC1C(F)(F)F. The zero-order valence-corrected chi connectivity index (χ0v) is 12.9. The summed E-state index contributed by atoms with van der Waals surface area (Å²) in [6, 6.07) is 9.25. The van der Waals surface area contributed by atoms with Crippen molar-refractivity contribution in [3.05, 3.63) is 35.9 Å². The van der Waals surface area contributed by atoms with Gasteiger partial charge in [-0.05, 0) is 18.4 Å². The molecule has 1 aliphatic rings. The summed E-state index contributed by atoms with van der Waals surface area (Å²) < 4.78 is 39.0. The van der Waals surface area contributed by atoms with Crippen molar-refractivity contribution < 1.29 is 23.1 Å². The Hall–Kier alpha value is -1.56. The number of nitrogens with one attached hydrogen (secondary N) is 1. The normalized spacial score (nSPS) is 23.3. The number of amides is 1. The van der Waals surface area contributed by atoms with Gasteiger partial charge in [-0.2, -0.15) is 13.2 Å². The number of hydrogen-bond donors (Lipinski definition) is 2. The monoisotopic (exact) mass is 329 g/mol. The van der Waals surface area contributed by atoms with Gasteiger partial charge in [0.25, 0.3) is 0 Å². The van der Waals surface area contributed by atoms with Crippen molar-refractivity contribution in [3.8, 4) is 0 Å². The number of hydrogen-bond acceptors (Lipinski definition) is 2.